The van der Waals surface area contributed by atoms with Gasteiger partial charge in [-0.05, 0) is 24.7 Å². The molecule has 1 fully saturated rings. The molecule has 0 saturated carbocycles. The minimum atomic E-state index is -0.388. The first-order valence-electron chi connectivity index (χ1n) is 7.92. The van der Waals surface area contributed by atoms with E-state index in [2.05, 4.69) is 5.32 Å². The highest BCUT2D eigenvalue weighted by Gasteiger charge is 2.45. The molecule has 1 rings (SSSR count). The fraction of sp³-hybridized carbons (Fsp3) is 0.875. The van der Waals surface area contributed by atoms with E-state index >= 15 is 0 Å². The molecule has 1 heterocycles. The summed E-state index contributed by atoms with van der Waals surface area (Å²) in [4.78, 5) is 26.9. The molecule has 0 aliphatic carbocycles. The summed E-state index contributed by atoms with van der Waals surface area (Å²) in [5.74, 6) is 0.0427. The Morgan fingerprint density at radius 2 is 1.90 bits per heavy atom. The van der Waals surface area contributed by atoms with Gasteiger partial charge in [0, 0.05) is 20.3 Å². The average Bonchev–Trinajstić information content (AvgIpc) is 2.38. The molecular weight excluding hydrogens is 268 g/mol. The molecule has 21 heavy (non-hydrogen) atoms. The third-order valence-electron chi connectivity index (χ3n) is 3.85. The second-order valence-corrected chi connectivity index (χ2v) is 6.85. The maximum absolute atomic E-state index is 12.7. The molecule has 5 nitrogen and oxygen atoms in total. The molecule has 1 aliphatic rings. The number of hydrogen-bond acceptors (Lipinski definition) is 3. The number of nitrogens with zero attached hydrogens (tertiary/aromatic N) is 1. The molecule has 122 valence electrons. The summed E-state index contributed by atoms with van der Waals surface area (Å²) in [5, 5.41) is 2.90. The van der Waals surface area contributed by atoms with Crippen molar-refractivity contribution in [3.63, 3.8) is 0 Å². The van der Waals surface area contributed by atoms with Crippen LogP contribution in [0, 0.1) is 5.41 Å². The van der Waals surface area contributed by atoms with Crippen molar-refractivity contribution >= 4 is 11.8 Å². The van der Waals surface area contributed by atoms with Crippen LogP contribution in [0.2, 0.25) is 0 Å². The Morgan fingerprint density at radius 3 is 2.43 bits per heavy atom. The molecule has 5 heteroatoms. The lowest BCUT2D eigenvalue weighted by Crippen LogP contribution is -2.66. The van der Waals surface area contributed by atoms with Crippen LogP contribution in [-0.2, 0) is 14.3 Å². The predicted octanol–water partition coefficient (Wildman–Crippen LogP) is 1.95. The number of rotatable bonds is 7. The molecule has 1 N–H and O–H groups in total. The molecule has 0 radical (unpaired) electrons. The van der Waals surface area contributed by atoms with Gasteiger partial charge in [0.25, 0.3) is 0 Å². The summed E-state index contributed by atoms with van der Waals surface area (Å²) in [6.07, 6.45) is 3.35. The minimum Gasteiger partial charge on any atom is -0.385 e. The fourth-order valence-electron chi connectivity index (χ4n) is 2.89. The van der Waals surface area contributed by atoms with Crippen LogP contribution in [0.1, 0.15) is 53.4 Å². The van der Waals surface area contributed by atoms with Gasteiger partial charge in [0.2, 0.25) is 11.8 Å². The van der Waals surface area contributed by atoms with Crippen molar-refractivity contribution in [3.8, 4) is 0 Å². The zero-order chi connectivity index (χ0) is 16.0. The van der Waals surface area contributed by atoms with E-state index in [1.54, 1.807) is 12.0 Å². The molecule has 0 aromatic carbocycles. The summed E-state index contributed by atoms with van der Waals surface area (Å²) >= 11 is 0. The van der Waals surface area contributed by atoms with Gasteiger partial charge in [-0.15, -0.1) is 0 Å². The fourth-order valence-corrected chi connectivity index (χ4v) is 2.89. The van der Waals surface area contributed by atoms with Crippen molar-refractivity contribution in [1.29, 1.82) is 0 Å². The minimum absolute atomic E-state index is 0.0210. The Labute approximate surface area is 128 Å². The van der Waals surface area contributed by atoms with Crippen LogP contribution in [0.3, 0.4) is 0 Å². The monoisotopic (exact) mass is 298 g/mol. The van der Waals surface area contributed by atoms with E-state index in [0.29, 0.717) is 19.6 Å². The van der Waals surface area contributed by atoms with Crippen LogP contribution in [0.4, 0.5) is 0 Å². The Bertz CT molecular complexity index is 363. The third-order valence-corrected chi connectivity index (χ3v) is 3.85. The number of amides is 2. The predicted molar refractivity (Wildman–Crippen MR) is 82.9 cm³/mol. The number of methoxy groups -OCH3 is 1. The van der Waals surface area contributed by atoms with Gasteiger partial charge in [0.1, 0.15) is 12.1 Å². The highest BCUT2D eigenvalue weighted by molar-refractivity contribution is 5.97. The normalized spacial score (nSPS) is 23.4. The zero-order valence-corrected chi connectivity index (χ0v) is 14.1. The van der Waals surface area contributed by atoms with Crippen LogP contribution < -0.4 is 5.32 Å². The third kappa shape index (κ3) is 4.70. The first-order chi connectivity index (χ1) is 9.82. The first kappa shape index (κ1) is 18.0. The molecule has 2 unspecified atom stereocenters. The standard InChI is InChI=1S/C16H30N2O3/c1-6-9-12-15(20)18(10-7-8-11-21-5)13(14(19)17-12)16(2,3)4/h12-13H,6-11H2,1-5H3,(H,17,19). The number of hydrogen-bond donors (Lipinski definition) is 1. The van der Waals surface area contributed by atoms with Crippen LogP contribution in [0.25, 0.3) is 0 Å². The zero-order valence-electron chi connectivity index (χ0n) is 14.1. The van der Waals surface area contributed by atoms with Gasteiger partial charge in [-0.2, -0.15) is 0 Å². The molecule has 2 atom stereocenters. The van der Waals surface area contributed by atoms with Gasteiger partial charge in [0.05, 0.1) is 0 Å². The lowest BCUT2D eigenvalue weighted by molar-refractivity contribution is -0.154. The van der Waals surface area contributed by atoms with Crippen molar-refractivity contribution < 1.29 is 14.3 Å². The molecule has 0 aromatic heterocycles. The SMILES string of the molecule is CCCC1NC(=O)C(C(C)(C)C)N(CCCCOC)C1=O. The Hall–Kier alpha value is -1.10. The topological polar surface area (TPSA) is 58.6 Å². The van der Waals surface area contributed by atoms with Crippen molar-refractivity contribution in [2.45, 2.75) is 65.5 Å². The molecule has 1 aliphatic heterocycles. The summed E-state index contributed by atoms with van der Waals surface area (Å²) in [6.45, 7) is 9.36. The van der Waals surface area contributed by atoms with Crippen LogP contribution >= 0.6 is 0 Å². The maximum atomic E-state index is 12.7. The van der Waals surface area contributed by atoms with Gasteiger partial charge >= 0.3 is 0 Å². The highest BCUT2D eigenvalue weighted by Crippen LogP contribution is 2.28. The van der Waals surface area contributed by atoms with Gasteiger partial charge in [-0.25, -0.2) is 0 Å². The number of unbranched alkanes of at least 4 members (excludes halogenated alkanes) is 1. The summed E-state index contributed by atoms with van der Waals surface area (Å²) in [5.41, 5.74) is -0.266. The molecule has 1 saturated heterocycles. The van der Waals surface area contributed by atoms with E-state index in [9.17, 15) is 9.59 Å². The van der Waals surface area contributed by atoms with Crippen molar-refractivity contribution in [3.05, 3.63) is 0 Å². The van der Waals surface area contributed by atoms with Crippen molar-refractivity contribution in [2.24, 2.45) is 5.41 Å². The second-order valence-electron chi connectivity index (χ2n) is 6.85. The van der Waals surface area contributed by atoms with Gasteiger partial charge in [-0.3, -0.25) is 9.59 Å². The van der Waals surface area contributed by atoms with Crippen LogP contribution in [-0.4, -0.2) is 49.1 Å². The maximum Gasteiger partial charge on any atom is 0.245 e. The van der Waals surface area contributed by atoms with E-state index < -0.39 is 0 Å². The quantitative estimate of drug-likeness (QED) is 0.731. The Balaban J connectivity index is 2.84. The summed E-state index contributed by atoms with van der Waals surface area (Å²) in [6, 6.07) is -0.746. The number of carbonyl (C=O) groups is 2. The van der Waals surface area contributed by atoms with Gasteiger partial charge < -0.3 is 15.0 Å². The number of piperazine rings is 1. The number of ether oxygens (including phenoxy) is 1. The molecular formula is C16H30N2O3. The smallest absolute Gasteiger partial charge is 0.245 e. The van der Waals surface area contributed by atoms with E-state index in [0.717, 1.165) is 19.3 Å². The Morgan fingerprint density at radius 1 is 1.24 bits per heavy atom. The molecule has 2 amide bonds. The molecule has 0 aromatic rings. The lowest BCUT2D eigenvalue weighted by atomic mass is 9.82. The summed E-state index contributed by atoms with van der Waals surface area (Å²) < 4.78 is 5.05. The van der Waals surface area contributed by atoms with Crippen molar-refractivity contribution in [2.75, 3.05) is 20.3 Å². The number of nitrogens with one attached hydrogen (secondary N) is 1. The van der Waals surface area contributed by atoms with Crippen molar-refractivity contribution in [1.82, 2.24) is 10.2 Å². The van der Waals surface area contributed by atoms with Crippen LogP contribution in [0.5, 0.6) is 0 Å². The van der Waals surface area contributed by atoms with Gasteiger partial charge in [-0.1, -0.05) is 34.1 Å². The average molecular weight is 298 g/mol. The Kier molecular flexibility index (Phi) is 6.65. The van der Waals surface area contributed by atoms with Crippen LogP contribution in [0.15, 0.2) is 0 Å². The van der Waals surface area contributed by atoms with E-state index in [1.165, 1.54) is 0 Å². The van der Waals surface area contributed by atoms with E-state index in [4.69, 9.17) is 4.74 Å². The van der Waals surface area contributed by atoms with E-state index in [1.807, 2.05) is 27.7 Å². The largest absolute Gasteiger partial charge is 0.385 e. The number of carbonyl (C=O) groups excluding carboxylic acids is 2. The van der Waals surface area contributed by atoms with E-state index in [-0.39, 0.29) is 29.3 Å². The highest BCUT2D eigenvalue weighted by atomic mass is 16.5. The summed E-state index contributed by atoms with van der Waals surface area (Å²) in [7, 11) is 1.68. The molecule has 0 spiro atoms. The van der Waals surface area contributed by atoms with Gasteiger partial charge in [0.15, 0.2) is 0 Å². The first-order valence-corrected chi connectivity index (χ1v) is 7.92. The lowest BCUT2D eigenvalue weighted by Gasteiger charge is -2.44. The molecule has 0 bridgehead atoms. The second kappa shape index (κ2) is 7.78.